The second kappa shape index (κ2) is 13.4. The van der Waals surface area contributed by atoms with Gasteiger partial charge in [0, 0.05) is 10.7 Å². The molecule has 0 bridgehead atoms. The largest absolute Gasteiger partial charge is 0.482 e. The molecular weight excluding hydrogens is 436 g/mol. The highest BCUT2D eigenvalue weighted by atomic mass is 35.7. The smallest absolute Gasteiger partial charge is 0.344 e. The zero-order chi connectivity index (χ0) is 22.4. The number of carbonyl (C=O) groups is 2. The normalized spacial score (nSPS) is 10.2. The quantitative estimate of drug-likeness (QED) is 0.416. The maximum atomic E-state index is 11.0. The highest BCUT2D eigenvalue weighted by Gasteiger charge is 2.10. The Morgan fingerprint density at radius 3 is 1.60 bits per heavy atom. The van der Waals surface area contributed by atoms with Gasteiger partial charge in [-0.25, -0.2) is 18.0 Å². The van der Waals surface area contributed by atoms with Gasteiger partial charge in [0.2, 0.25) is 0 Å². The number of benzene rings is 2. The molecule has 2 rings (SSSR count). The van der Waals surface area contributed by atoms with Crippen LogP contribution in [0.4, 0.5) is 0 Å². The molecule has 0 N–H and O–H groups in total. The molecule has 0 fully saturated rings. The molecule has 2 aromatic carbocycles. The molecule has 0 spiro atoms. The van der Waals surface area contributed by atoms with Crippen LogP contribution in [0.5, 0.6) is 11.5 Å². The molecule has 0 atom stereocenters. The minimum absolute atomic E-state index is 0.0253. The van der Waals surface area contributed by atoms with Crippen molar-refractivity contribution >= 4 is 31.7 Å². The SMILES string of the molecule is CCOC(=O)COc1ccc(S(=O)(=O)Cl)cc1.CCOC(=O)COc1ccccc1. The third-order valence-electron chi connectivity index (χ3n) is 3.17. The fourth-order valence-electron chi connectivity index (χ4n) is 1.90. The van der Waals surface area contributed by atoms with Crippen molar-refractivity contribution in [3.8, 4) is 11.5 Å². The van der Waals surface area contributed by atoms with Crippen molar-refractivity contribution in [2.45, 2.75) is 18.7 Å². The van der Waals surface area contributed by atoms with Crippen molar-refractivity contribution < 1.29 is 37.0 Å². The number of halogens is 1. The highest BCUT2D eigenvalue weighted by molar-refractivity contribution is 8.13. The second-order valence-corrected chi connectivity index (χ2v) is 7.98. The van der Waals surface area contributed by atoms with Crippen molar-refractivity contribution in [1.82, 2.24) is 0 Å². The number of hydrogen-bond donors (Lipinski definition) is 0. The van der Waals surface area contributed by atoms with Crippen LogP contribution in [0.15, 0.2) is 59.5 Å². The van der Waals surface area contributed by atoms with Gasteiger partial charge in [0.05, 0.1) is 18.1 Å². The van der Waals surface area contributed by atoms with Gasteiger partial charge in [0.15, 0.2) is 13.2 Å². The Morgan fingerprint density at radius 2 is 1.20 bits per heavy atom. The lowest BCUT2D eigenvalue weighted by molar-refractivity contribution is -0.146. The first-order chi connectivity index (χ1) is 14.3. The zero-order valence-corrected chi connectivity index (χ0v) is 18.1. The number of rotatable bonds is 9. The molecule has 164 valence electrons. The molecule has 0 aliphatic carbocycles. The van der Waals surface area contributed by atoms with Crippen LogP contribution in [0.25, 0.3) is 0 Å². The molecule has 8 nitrogen and oxygen atoms in total. The Bertz CT molecular complexity index is 883. The van der Waals surface area contributed by atoms with Crippen LogP contribution < -0.4 is 9.47 Å². The Balaban J connectivity index is 0.000000311. The lowest BCUT2D eigenvalue weighted by Gasteiger charge is -2.05. The van der Waals surface area contributed by atoms with Crippen LogP contribution in [0.1, 0.15) is 13.8 Å². The number of ether oxygens (including phenoxy) is 4. The molecular formula is C20H23ClO8S. The minimum Gasteiger partial charge on any atom is -0.482 e. The Kier molecular flexibility index (Phi) is 11.3. The lowest BCUT2D eigenvalue weighted by Crippen LogP contribution is -2.14. The van der Waals surface area contributed by atoms with Crippen molar-refractivity contribution in [3.63, 3.8) is 0 Å². The van der Waals surface area contributed by atoms with E-state index in [0.29, 0.717) is 18.1 Å². The van der Waals surface area contributed by atoms with Crippen LogP contribution >= 0.6 is 10.7 Å². The fraction of sp³-hybridized carbons (Fsp3) is 0.300. The van der Waals surface area contributed by atoms with Gasteiger partial charge in [-0.1, -0.05) is 18.2 Å². The molecule has 0 amide bonds. The number of carbonyl (C=O) groups excluding carboxylic acids is 2. The summed E-state index contributed by atoms with van der Waals surface area (Å²) in [5.74, 6) is 0.213. The number of hydrogen-bond acceptors (Lipinski definition) is 8. The average Bonchev–Trinajstić information content (AvgIpc) is 2.72. The van der Waals surface area contributed by atoms with E-state index in [2.05, 4.69) is 4.74 Å². The van der Waals surface area contributed by atoms with E-state index in [4.69, 9.17) is 24.9 Å². The Labute approximate surface area is 180 Å². The van der Waals surface area contributed by atoms with Crippen molar-refractivity contribution in [2.75, 3.05) is 26.4 Å². The van der Waals surface area contributed by atoms with E-state index in [1.54, 1.807) is 26.0 Å². The molecule has 0 radical (unpaired) electrons. The monoisotopic (exact) mass is 458 g/mol. The van der Waals surface area contributed by atoms with Gasteiger partial charge in [-0.2, -0.15) is 0 Å². The molecule has 0 heterocycles. The molecule has 0 aromatic heterocycles. The maximum absolute atomic E-state index is 11.0. The maximum Gasteiger partial charge on any atom is 0.344 e. The van der Waals surface area contributed by atoms with Crippen molar-refractivity contribution in [3.05, 3.63) is 54.6 Å². The van der Waals surface area contributed by atoms with E-state index in [1.165, 1.54) is 24.3 Å². The molecule has 2 aromatic rings. The van der Waals surface area contributed by atoms with Crippen LogP contribution in [0, 0.1) is 0 Å². The van der Waals surface area contributed by atoms with E-state index in [0.717, 1.165) is 0 Å². The van der Waals surface area contributed by atoms with Crippen LogP contribution in [0.3, 0.4) is 0 Å². The number of esters is 2. The first kappa shape index (κ1) is 25.3. The van der Waals surface area contributed by atoms with E-state index in [9.17, 15) is 18.0 Å². The van der Waals surface area contributed by atoms with Crippen molar-refractivity contribution in [1.29, 1.82) is 0 Å². The van der Waals surface area contributed by atoms with Crippen LogP contribution in [-0.4, -0.2) is 46.8 Å². The molecule has 30 heavy (non-hydrogen) atoms. The minimum atomic E-state index is -3.73. The van der Waals surface area contributed by atoms with Crippen molar-refractivity contribution in [2.24, 2.45) is 0 Å². The van der Waals surface area contributed by atoms with Gasteiger partial charge in [-0.15, -0.1) is 0 Å². The second-order valence-electron chi connectivity index (χ2n) is 5.41. The third kappa shape index (κ3) is 10.7. The summed E-state index contributed by atoms with van der Waals surface area (Å²) in [5.41, 5.74) is 0. The summed E-state index contributed by atoms with van der Waals surface area (Å²) >= 11 is 0. The van der Waals surface area contributed by atoms with E-state index >= 15 is 0 Å². The molecule has 0 unspecified atom stereocenters. The average molecular weight is 459 g/mol. The summed E-state index contributed by atoms with van der Waals surface area (Å²) in [5, 5.41) is 0. The van der Waals surface area contributed by atoms with Gasteiger partial charge in [0.1, 0.15) is 11.5 Å². The van der Waals surface area contributed by atoms with Gasteiger partial charge in [-0.05, 0) is 50.2 Å². The highest BCUT2D eigenvalue weighted by Crippen LogP contribution is 2.18. The van der Waals surface area contributed by atoms with Gasteiger partial charge < -0.3 is 18.9 Å². The van der Waals surface area contributed by atoms with E-state index in [1.807, 2.05) is 18.2 Å². The summed E-state index contributed by atoms with van der Waals surface area (Å²) in [4.78, 5) is 21.8. The van der Waals surface area contributed by atoms with Gasteiger partial charge >= 0.3 is 11.9 Å². The first-order valence-electron chi connectivity index (χ1n) is 8.92. The predicted molar refractivity (Wildman–Crippen MR) is 110 cm³/mol. The molecule has 0 aliphatic rings. The zero-order valence-electron chi connectivity index (χ0n) is 16.6. The summed E-state index contributed by atoms with van der Waals surface area (Å²) in [6, 6.07) is 14.6. The standard InChI is InChI=1S/C10H11ClO5S.C10H12O3/c1-2-15-10(12)7-16-8-3-5-9(6-4-8)17(11,13)14;1-2-12-10(11)8-13-9-6-4-3-5-7-9/h3-6H,2,7H2,1H3;3-7H,2,8H2,1H3. The first-order valence-corrected chi connectivity index (χ1v) is 11.2. The summed E-state index contributed by atoms with van der Waals surface area (Å²) < 4.78 is 41.5. The fourth-order valence-corrected chi connectivity index (χ4v) is 2.67. The molecule has 0 saturated heterocycles. The summed E-state index contributed by atoms with van der Waals surface area (Å²) in [7, 11) is 1.40. The van der Waals surface area contributed by atoms with Gasteiger partial charge in [0.25, 0.3) is 9.05 Å². The van der Waals surface area contributed by atoms with E-state index < -0.39 is 15.0 Å². The summed E-state index contributed by atoms with van der Waals surface area (Å²) in [6.45, 7) is 3.87. The third-order valence-corrected chi connectivity index (χ3v) is 4.54. The van der Waals surface area contributed by atoms with Gasteiger partial charge in [-0.3, -0.25) is 0 Å². The molecule has 0 saturated carbocycles. The molecule has 0 aliphatic heterocycles. The van der Waals surface area contributed by atoms with Crippen LogP contribution in [0.2, 0.25) is 0 Å². The Morgan fingerprint density at radius 1 is 0.767 bits per heavy atom. The molecule has 10 heteroatoms. The van der Waals surface area contributed by atoms with Crippen LogP contribution in [-0.2, 0) is 28.1 Å². The predicted octanol–water partition coefficient (Wildman–Crippen LogP) is 3.18. The topological polar surface area (TPSA) is 105 Å². The summed E-state index contributed by atoms with van der Waals surface area (Å²) in [6.07, 6.45) is 0. The lowest BCUT2D eigenvalue weighted by atomic mass is 10.3. The van der Waals surface area contributed by atoms with E-state index in [-0.39, 0.29) is 30.7 Å². The Hall–Kier alpha value is -2.78. The number of para-hydroxylation sites is 1.